The molecule has 0 amide bonds. The molecule has 0 unspecified atom stereocenters. The zero-order valence-electron chi connectivity index (χ0n) is 12.4. The van der Waals surface area contributed by atoms with Gasteiger partial charge in [0.25, 0.3) is 0 Å². The molecule has 1 N–H and O–H groups in total. The largest absolute Gasteiger partial charge is 0.483 e. The molecular weight excluding hydrogens is 337 g/mol. The van der Waals surface area contributed by atoms with Crippen molar-refractivity contribution in [2.45, 2.75) is 40.0 Å². The number of hydrogen-bond donors (Lipinski definition) is 1. The summed E-state index contributed by atoms with van der Waals surface area (Å²) in [6.07, 6.45) is 0. The number of hydrogen-bond acceptors (Lipinski definition) is 3. The van der Waals surface area contributed by atoms with Crippen LogP contribution in [0, 0.1) is 12.7 Å². The third-order valence-electron chi connectivity index (χ3n) is 3.04. The molecule has 0 bridgehead atoms. The first kappa shape index (κ1) is 16.0. The minimum absolute atomic E-state index is 0.209. The number of benzene rings is 1. The topological polar surface area (TPSA) is 34.4 Å². The Morgan fingerprint density at radius 1 is 1.33 bits per heavy atom. The first-order chi connectivity index (χ1) is 9.95. The molecule has 0 aliphatic rings. The van der Waals surface area contributed by atoms with Crippen LogP contribution in [-0.2, 0) is 13.2 Å². The summed E-state index contributed by atoms with van der Waals surface area (Å²) in [5, 5.41) is 3.34. The number of furan rings is 1. The number of halogens is 2. The minimum atomic E-state index is -0.394. The van der Waals surface area contributed by atoms with E-state index in [1.54, 1.807) is 12.1 Å². The van der Waals surface area contributed by atoms with Gasteiger partial charge in [-0.2, -0.15) is 0 Å². The Hall–Kier alpha value is -1.33. The second-order valence-electron chi connectivity index (χ2n) is 5.19. The van der Waals surface area contributed by atoms with Crippen molar-refractivity contribution in [1.29, 1.82) is 0 Å². The summed E-state index contributed by atoms with van der Waals surface area (Å²) in [5.74, 6) is 1.37. The molecule has 0 saturated heterocycles. The van der Waals surface area contributed by atoms with E-state index in [0.717, 1.165) is 17.9 Å². The Kier molecular flexibility index (Phi) is 5.42. The van der Waals surface area contributed by atoms with Crippen molar-refractivity contribution in [3.05, 3.63) is 51.6 Å². The van der Waals surface area contributed by atoms with E-state index in [1.807, 2.05) is 13.0 Å². The highest BCUT2D eigenvalue weighted by molar-refractivity contribution is 9.10. The maximum absolute atomic E-state index is 13.7. The van der Waals surface area contributed by atoms with Crippen LogP contribution in [0.3, 0.4) is 0 Å². The molecule has 0 spiro atoms. The van der Waals surface area contributed by atoms with Crippen molar-refractivity contribution >= 4 is 15.9 Å². The molecule has 0 aliphatic heterocycles. The zero-order chi connectivity index (χ0) is 15.4. The molecule has 21 heavy (non-hydrogen) atoms. The van der Waals surface area contributed by atoms with Gasteiger partial charge in [0.1, 0.15) is 18.1 Å². The molecule has 2 rings (SSSR count). The van der Waals surface area contributed by atoms with Crippen molar-refractivity contribution in [2.24, 2.45) is 0 Å². The summed E-state index contributed by atoms with van der Waals surface area (Å²) in [6, 6.07) is 7.07. The van der Waals surface area contributed by atoms with E-state index in [2.05, 4.69) is 35.1 Å². The number of nitrogens with one attached hydrogen (secondary N) is 1. The summed E-state index contributed by atoms with van der Waals surface area (Å²) in [4.78, 5) is 0. The quantitative estimate of drug-likeness (QED) is 0.824. The number of ether oxygens (including phenoxy) is 1. The summed E-state index contributed by atoms with van der Waals surface area (Å²) < 4.78 is 25.4. The van der Waals surface area contributed by atoms with Crippen LogP contribution >= 0.6 is 15.9 Å². The second-order valence-corrected chi connectivity index (χ2v) is 6.11. The number of aryl methyl sites for hydroxylation is 1. The molecule has 1 aromatic carbocycles. The van der Waals surface area contributed by atoms with Gasteiger partial charge in [-0.15, -0.1) is 0 Å². The average molecular weight is 356 g/mol. The third kappa shape index (κ3) is 4.58. The molecule has 0 radical (unpaired) electrons. The normalized spacial score (nSPS) is 11.1. The highest BCUT2D eigenvalue weighted by atomic mass is 79.9. The van der Waals surface area contributed by atoms with E-state index in [1.165, 1.54) is 6.07 Å². The van der Waals surface area contributed by atoms with Gasteiger partial charge in [-0.1, -0.05) is 29.8 Å². The lowest BCUT2D eigenvalue weighted by Crippen LogP contribution is -2.21. The van der Waals surface area contributed by atoms with Crippen molar-refractivity contribution in [1.82, 2.24) is 5.32 Å². The zero-order valence-corrected chi connectivity index (χ0v) is 14.0. The van der Waals surface area contributed by atoms with Gasteiger partial charge in [-0.3, -0.25) is 0 Å². The van der Waals surface area contributed by atoms with Crippen LogP contribution in [0.25, 0.3) is 0 Å². The van der Waals surface area contributed by atoms with Crippen molar-refractivity contribution in [3.63, 3.8) is 0 Å². The molecular formula is C16H19BrFNO2. The first-order valence-corrected chi connectivity index (χ1v) is 7.64. The first-order valence-electron chi connectivity index (χ1n) is 6.85. The molecule has 114 valence electrons. The standard InChI is InChI=1S/C16H19BrFNO2/c1-10(2)19-8-12-6-14(21-11(12)3)9-20-16-5-4-13(17)7-15(16)18/h4-7,10,19H,8-9H2,1-3H3. The van der Waals surface area contributed by atoms with E-state index in [4.69, 9.17) is 9.15 Å². The molecule has 5 heteroatoms. The van der Waals surface area contributed by atoms with Crippen LogP contribution in [0.1, 0.15) is 30.9 Å². The average Bonchev–Trinajstić information content (AvgIpc) is 2.76. The van der Waals surface area contributed by atoms with Crippen LogP contribution in [0.2, 0.25) is 0 Å². The van der Waals surface area contributed by atoms with Gasteiger partial charge >= 0.3 is 0 Å². The minimum Gasteiger partial charge on any atom is -0.483 e. The molecule has 0 saturated carbocycles. The lowest BCUT2D eigenvalue weighted by molar-refractivity contribution is 0.256. The van der Waals surface area contributed by atoms with Crippen LogP contribution in [-0.4, -0.2) is 6.04 Å². The lowest BCUT2D eigenvalue weighted by atomic mass is 10.2. The van der Waals surface area contributed by atoms with Gasteiger partial charge in [0.2, 0.25) is 0 Å². The maximum atomic E-state index is 13.7. The lowest BCUT2D eigenvalue weighted by Gasteiger charge is -2.06. The summed E-state index contributed by atoms with van der Waals surface area (Å²) >= 11 is 3.21. The fourth-order valence-corrected chi connectivity index (χ4v) is 2.22. The highest BCUT2D eigenvalue weighted by Gasteiger charge is 2.10. The van der Waals surface area contributed by atoms with E-state index < -0.39 is 5.82 Å². The van der Waals surface area contributed by atoms with Crippen LogP contribution in [0.4, 0.5) is 4.39 Å². The van der Waals surface area contributed by atoms with Crippen molar-refractivity contribution in [3.8, 4) is 5.75 Å². The van der Waals surface area contributed by atoms with Gasteiger partial charge in [0.05, 0.1) is 0 Å². The van der Waals surface area contributed by atoms with E-state index in [-0.39, 0.29) is 12.4 Å². The van der Waals surface area contributed by atoms with Crippen LogP contribution < -0.4 is 10.1 Å². The predicted molar refractivity (Wildman–Crippen MR) is 83.9 cm³/mol. The summed E-state index contributed by atoms with van der Waals surface area (Å²) in [7, 11) is 0. The Morgan fingerprint density at radius 3 is 2.76 bits per heavy atom. The van der Waals surface area contributed by atoms with Gasteiger partial charge in [0, 0.05) is 22.6 Å². The summed E-state index contributed by atoms with van der Waals surface area (Å²) in [5.41, 5.74) is 1.10. The Bertz CT molecular complexity index is 610. The Labute approximate surface area is 132 Å². The molecule has 2 aromatic rings. The monoisotopic (exact) mass is 355 g/mol. The Morgan fingerprint density at radius 2 is 2.10 bits per heavy atom. The maximum Gasteiger partial charge on any atom is 0.166 e. The SMILES string of the molecule is Cc1oc(COc2ccc(Br)cc2F)cc1CNC(C)C. The molecule has 0 fully saturated rings. The van der Waals surface area contributed by atoms with Gasteiger partial charge in [-0.25, -0.2) is 4.39 Å². The second kappa shape index (κ2) is 7.09. The van der Waals surface area contributed by atoms with Crippen LogP contribution in [0.15, 0.2) is 33.2 Å². The van der Waals surface area contributed by atoms with Crippen molar-refractivity contribution in [2.75, 3.05) is 0 Å². The number of rotatable bonds is 6. The van der Waals surface area contributed by atoms with E-state index >= 15 is 0 Å². The predicted octanol–water partition coefficient (Wildman–Crippen LogP) is 4.57. The summed E-state index contributed by atoms with van der Waals surface area (Å²) in [6.45, 7) is 7.06. The van der Waals surface area contributed by atoms with Crippen LogP contribution in [0.5, 0.6) is 5.75 Å². The van der Waals surface area contributed by atoms with E-state index in [9.17, 15) is 4.39 Å². The molecule has 1 heterocycles. The molecule has 3 nitrogen and oxygen atoms in total. The van der Waals surface area contributed by atoms with Crippen molar-refractivity contribution < 1.29 is 13.5 Å². The molecule has 0 aliphatic carbocycles. The van der Waals surface area contributed by atoms with Gasteiger partial charge in [0.15, 0.2) is 11.6 Å². The van der Waals surface area contributed by atoms with Gasteiger partial charge in [-0.05, 0) is 31.2 Å². The smallest absolute Gasteiger partial charge is 0.166 e. The molecule has 0 atom stereocenters. The third-order valence-corrected chi connectivity index (χ3v) is 3.53. The highest BCUT2D eigenvalue weighted by Crippen LogP contribution is 2.23. The fourth-order valence-electron chi connectivity index (χ4n) is 1.89. The van der Waals surface area contributed by atoms with E-state index in [0.29, 0.717) is 16.3 Å². The Balaban J connectivity index is 1.98. The molecule has 1 aromatic heterocycles. The fraction of sp³-hybridized carbons (Fsp3) is 0.375. The van der Waals surface area contributed by atoms with Gasteiger partial charge < -0.3 is 14.5 Å².